The minimum Gasteiger partial charge on any atom is -0.472 e. The number of carbonyl (C=O) groups excluding carboxylic acids is 2. The van der Waals surface area contributed by atoms with E-state index >= 15 is 0 Å². The minimum atomic E-state index is -0.813. The van der Waals surface area contributed by atoms with Crippen molar-refractivity contribution < 1.29 is 19.1 Å². The van der Waals surface area contributed by atoms with Gasteiger partial charge in [-0.25, -0.2) is 0 Å². The minimum absolute atomic E-state index is 0.00878. The van der Waals surface area contributed by atoms with Gasteiger partial charge in [-0.15, -0.1) is 0 Å². The van der Waals surface area contributed by atoms with Gasteiger partial charge in [-0.3, -0.25) is 9.59 Å². The van der Waals surface area contributed by atoms with Crippen LogP contribution in [0.4, 0.5) is 4.79 Å². The van der Waals surface area contributed by atoms with Gasteiger partial charge >= 0.3 is 0 Å². The van der Waals surface area contributed by atoms with Crippen LogP contribution in [0.15, 0.2) is 0 Å². The molecule has 0 atom stereocenters. The van der Waals surface area contributed by atoms with E-state index in [1.54, 1.807) is 0 Å². The summed E-state index contributed by atoms with van der Waals surface area (Å²) in [5, 5.41) is 2.74. The summed E-state index contributed by atoms with van der Waals surface area (Å²) in [6.07, 6.45) is 0.484. The van der Waals surface area contributed by atoms with E-state index in [9.17, 15) is 9.59 Å². The number of hydrogen-bond acceptors (Lipinski definition) is 4. The van der Waals surface area contributed by atoms with E-state index in [2.05, 4.69) is 10.1 Å². The number of hydrogen-bond donors (Lipinski definition) is 1. The average Bonchev–Trinajstić information content (AvgIpc) is 2.12. The molecule has 0 spiro atoms. The summed E-state index contributed by atoms with van der Waals surface area (Å²) in [4.78, 5) is 21.6. The van der Waals surface area contributed by atoms with Crippen LogP contribution >= 0.6 is 0 Å². The fourth-order valence-electron chi connectivity index (χ4n) is 1.11. The molecule has 17 heavy (non-hydrogen) atoms. The van der Waals surface area contributed by atoms with Gasteiger partial charge in [-0.1, -0.05) is 20.8 Å². The fraction of sp³-hybridized carbons (Fsp3) is 0.818. The fourth-order valence-corrected chi connectivity index (χ4v) is 1.11. The third-order valence-electron chi connectivity index (χ3n) is 1.73. The van der Waals surface area contributed by atoms with Gasteiger partial charge in [0.15, 0.2) is 0 Å². The second kappa shape index (κ2) is 8.11. The van der Waals surface area contributed by atoms with E-state index in [0.717, 1.165) is 0 Å². The van der Waals surface area contributed by atoms with Crippen LogP contribution in [0.25, 0.3) is 0 Å². The molecule has 0 rings (SSSR count). The molecule has 96 valence electrons. The number of amides is 1. The van der Waals surface area contributed by atoms with Crippen LogP contribution in [0, 0.1) is 5.41 Å². The molecule has 0 heterocycles. The maximum Gasteiger partial charge on any atom is 0.235 e. The van der Waals surface area contributed by atoms with Gasteiger partial charge in [0.25, 0.3) is 0 Å². The van der Waals surface area contributed by atoms with E-state index in [1.165, 1.54) is 0 Å². The monoisotopic (exact) mass is 241 g/mol. The van der Waals surface area contributed by atoms with Gasteiger partial charge in [-0.05, 0) is 5.41 Å². The van der Waals surface area contributed by atoms with Gasteiger partial charge in [-0.2, -0.15) is 0 Å². The second-order valence-electron chi connectivity index (χ2n) is 4.87. The van der Waals surface area contributed by atoms with Crippen LogP contribution in [0.2, 0.25) is 0 Å². The van der Waals surface area contributed by atoms with Crippen molar-refractivity contribution in [2.24, 2.45) is 5.41 Å². The topological polar surface area (TPSA) is 64.6 Å². The lowest BCUT2D eigenvalue weighted by Crippen LogP contribution is -2.30. The Morgan fingerprint density at radius 2 is 1.82 bits per heavy atom. The van der Waals surface area contributed by atoms with Crippen molar-refractivity contribution in [1.82, 2.24) is 5.32 Å². The molecular formula is C11H20BNO4. The molecule has 6 heteroatoms. The molecule has 5 nitrogen and oxygen atoms in total. The first-order valence-electron chi connectivity index (χ1n) is 5.58. The molecule has 0 aliphatic heterocycles. The highest BCUT2D eigenvalue weighted by Gasteiger charge is 2.15. The smallest absolute Gasteiger partial charge is 0.235 e. The summed E-state index contributed by atoms with van der Waals surface area (Å²) in [6, 6.07) is 0. The molecule has 0 aromatic carbocycles. The number of rotatable bonds is 7. The lowest BCUT2D eigenvalue weighted by atomic mass is 9.92. The molecule has 0 aromatic heterocycles. The molecule has 2 radical (unpaired) electrons. The summed E-state index contributed by atoms with van der Waals surface area (Å²) in [6.45, 7) is 7.26. The molecule has 1 N–H and O–H groups in total. The van der Waals surface area contributed by atoms with Crippen molar-refractivity contribution in [1.29, 1.82) is 0 Å². The van der Waals surface area contributed by atoms with Crippen molar-refractivity contribution in [2.45, 2.75) is 27.2 Å². The van der Waals surface area contributed by atoms with Crippen LogP contribution in [-0.2, 0) is 14.3 Å². The lowest BCUT2D eigenvalue weighted by Gasteiger charge is -2.17. The van der Waals surface area contributed by atoms with Crippen molar-refractivity contribution >= 4 is 19.6 Å². The van der Waals surface area contributed by atoms with Gasteiger partial charge < -0.3 is 14.8 Å². The first-order valence-corrected chi connectivity index (χ1v) is 5.58. The molecule has 0 aliphatic rings. The van der Waals surface area contributed by atoms with Crippen LogP contribution in [0.5, 0.6) is 0 Å². The average molecular weight is 241 g/mol. The highest BCUT2D eigenvalue weighted by molar-refractivity contribution is 6.55. The van der Waals surface area contributed by atoms with Crippen LogP contribution in [0.3, 0.4) is 0 Å². The summed E-state index contributed by atoms with van der Waals surface area (Å²) in [7, 11) is 4.76. The van der Waals surface area contributed by atoms with E-state index < -0.39 is 5.87 Å². The van der Waals surface area contributed by atoms with Gasteiger partial charge in [0, 0.05) is 13.0 Å². The predicted octanol–water partition coefficient (Wildman–Crippen LogP) is 0.860. The number of carbonyl (C=O) groups is 2. The highest BCUT2D eigenvalue weighted by atomic mass is 16.6. The largest absolute Gasteiger partial charge is 0.472 e. The summed E-state index contributed by atoms with van der Waals surface area (Å²) in [5.41, 5.74) is -0.0136. The standard InChI is InChI=1S/C11H20BNO4/c1-11(2,3)8-9(14)13-4-5-16-6-7-17-10(12)15/h4-8H2,1-3H3,(H,13,14). The Labute approximate surface area is 104 Å². The van der Waals surface area contributed by atoms with Crippen LogP contribution < -0.4 is 5.32 Å². The first-order chi connectivity index (χ1) is 7.81. The van der Waals surface area contributed by atoms with E-state index in [4.69, 9.17) is 12.6 Å². The molecule has 0 saturated carbocycles. The van der Waals surface area contributed by atoms with Gasteiger partial charge in [0.1, 0.15) is 6.61 Å². The van der Waals surface area contributed by atoms with Crippen LogP contribution in [-0.4, -0.2) is 46.0 Å². The zero-order valence-electron chi connectivity index (χ0n) is 10.7. The van der Waals surface area contributed by atoms with Gasteiger partial charge in [0.05, 0.1) is 13.2 Å². The van der Waals surface area contributed by atoms with E-state index in [1.807, 2.05) is 20.8 Å². The summed E-state index contributed by atoms with van der Waals surface area (Å²) < 4.78 is 9.58. The maximum atomic E-state index is 11.4. The van der Waals surface area contributed by atoms with Gasteiger partial charge in [0.2, 0.25) is 19.6 Å². The Balaban J connectivity index is 3.34. The van der Waals surface area contributed by atoms with E-state index in [0.29, 0.717) is 19.6 Å². The number of nitrogens with one attached hydrogen (secondary N) is 1. The Morgan fingerprint density at radius 3 is 2.35 bits per heavy atom. The SMILES string of the molecule is [B]C(=O)OCCOCCNC(=O)CC(C)(C)C. The molecule has 0 aromatic rings. The first kappa shape index (κ1) is 16.0. The molecule has 0 fully saturated rings. The number of ether oxygens (including phenoxy) is 2. The van der Waals surface area contributed by atoms with E-state index in [-0.39, 0.29) is 24.5 Å². The molecule has 0 aliphatic carbocycles. The molecule has 1 amide bonds. The Hall–Kier alpha value is -1.04. The van der Waals surface area contributed by atoms with Crippen molar-refractivity contribution in [2.75, 3.05) is 26.4 Å². The molecule has 0 unspecified atom stereocenters. The quantitative estimate of drug-likeness (QED) is 0.530. The normalized spacial score (nSPS) is 11.0. The lowest BCUT2D eigenvalue weighted by molar-refractivity contribution is -0.123. The van der Waals surface area contributed by atoms with Crippen molar-refractivity contribution in [3.8, 4) is 0 Å². The Morgan fingerprint density at radius 1 is 1.18 bits per heavy atom. The summed E-state index contributed by atoms with van der Waals surface area (Å²) >= 11 is 0. The third-order valence-corrected chi connectivity index (χ3v) is 1.73. The molecular weight excluding hydrogens is 221 g/mol. The molecule has 0 saturated heterocycles. The summed E-state index contributed by atoms with van der Waals surface area (Å²) in [5.74, 6) is -0.804. The van der Waals surface area contributed by atoms with Crippen molar-refractivity contribution in [3.05, 3.63) is 0 Å². The Bertz CT molecular complexity index is 250. The van der Waals surface area contributed by atoms with Crippen molar-refractivity contribution in [3.63, 3.8) is 0 Å². The van der Waals surface area contributed by atoms with Crippen LogP contribution in [0.1, 0.15) is 27.2 Å². The molecule has 0 bridgehead atoms. The second-order valence-corrected chi connectivity index (χ2v) is 4.87. The maximum absolute atomic E-state index is 11.4. The zero-order valence-corrected chi connectivity index (χ0v) is 10.7. The predicted molar refractivity (Wildman–Crippen MR) is 65.0 cm³/mol. The highest BCUT2D eigenvalue weighted by Crippen LogP contribution is 2.17. The third kappa shape index (κ3) is 12.9. The Kier molecular flexibility index (Phi) is 7.62. The zero-order chi connectivity index (χ0) is 13.3.